The van der Waals surface area contributed by atoms with Crippen LogP contribution in [-0.4, -0.2) is 110 Å². The highest BCUT2D eigenvalue weighted by molar-refractivity contribution is 7.25. The number of anilines is 1. The average molecular weight is 874 g/mol. The van der Waals surface area contributed by atoms with Gasteiger partial charge in [0.1, 0.15) is 52.8 Å². The number of ether oxygens (including phenoxy) is 4. The monoisotopic (exact) mass is 873 g/mol. The fourth-order valence-corrected chi connectivity index (χ4v) is 11.9. The molecule has 2 unspecified atom stereocenters. The van der Waals surface area contributed by atoms with Crippen LogP contribution in [0.1, 0.15) is 79.2 Å². The van der Waals surface area contributed by atoms with E-state index in [2.05, 4.69) is 15.9 Å². The summed E-state index contributed by atoms with van der Waals surface area (Å²) in [5.74, 6) is -0.203. The van der Waals surface area contributed by atoms with Gasteiger partial charge in [0.15, 0.2) is 11.6 Å². The zero-order valence-electron chi connectivity index (χ0n) is 34.8. The van der Waals surface area contributed by atoms with Crippen LogP contribution in [0.2, 0.25) is 5.02 Å². The molecule has 3 aromatic heterocycles. The van der Waals surface area contributed by atoms with Crippen molar-refractivity contribution in [3.05, 3.63) is 40.8 Å². The van der Waals surface area contributed by atoms with E-state index in [1.165, 1.54) is 22.1 Å². The zero-order chi connectivity index (χ0) is 42.9. The fourth-order valence-electron chi connectivity index (χ4n) is 10.3. The SMILES string of the molecule is CC(C)(C)OC(=O)N1C2CCC1[C@H]1COc3c(Cl)c(-c4cccc5sc6c(c(C#N)cn6C(=O)OC(C)(C)C)c45)c(F)c4nc(OC[C@@]56CCCN5C[C@H](F)C6)nc(c34)N1C2. The normalized spacial score (nSPS) is 24.8. The van der Waals surface area contributed by atoms with E-state index in [9.17, 15) is 19.2 Å². The molecule has 0 N–H and O–H groups in total. The van der Waals surface area contributed by atoms with Crippen molar-refractivity contribution in [2.24, 2.45) is 0 Å². The van der Waals surface area contributed by atoms with Gasteiger partial charge in [-0.05, 0) is 85.4 Å². The summed E-state index contributed by atoms with van der Waals surface area (Å²) in [7, 11) is 0. The molecule has 5 aliphatic rings. The van der Waals surface area contributed by atoms with Crippen LogP contribution in [0.3, 0.4) is 0 Å². The van der Waals surface area contributed by atoms with Crippen molar-refractivity contribution >= 4 is 72.1 Å². The van der Waals surface area contributed by atoms with E-state index in [1.807, 2.05) is 31.7 Å². The molecule has 61 heavy (non-hydrogen) atoms. The predicted octanol–water partition coefficient (Wildman–Crippen LogP) is 9.22. The Hall–Kier alpha value is -4.98. The van der Waals surface area contributed by atoms with Crippen LogP contribution in [0.5, 0.6) is 11.8 Å². The lowest BCUT2D eigenvalue weighted by atomic mass is 9.95. The molecular formula is C44H46ClF2N7O6S. The van der Waals surface area contributed by atoms with Gasteiger partial charge in [-0.1, -0.05) is 23.7 Å². The summed E-state index contributed by atoms with van der Waals surface area (Å²) in [6.45, 7) is 12.5. The van der Waals surface area contributed by atoms with Crippen LogP contribution >= 0.6 is 22.9 Å². The number of piperazine rings is 1. The van der Waals surface area contributed by atoms with Gasteiger partial charge in [-0.25, -0.2) is 22.9 Å². The molecule has 5 aliphatic heterocycles. The Morgan fingerprint density at radius 2 is 1.82 bits per heavy atom. The molecule has 2 aromatic carbocycles. The first-order valence-electron chi connectivity index (χ1n) is 20.8. The largest absolute Gasteiger partial charge is 0.489 e. The van der Waals surface area contributed by atoms with Gasteiger partial charge in [0.05, 0.1) is 39.6 Å². The second kappa shape index (κ2) is 14.0. The average Bonchev–Trinajstić information content (AvgIpc) is 3.96. The quantitative estimate of drug-likeness (QED) is 0.171. The van der Waals surface area contributed by atoms with E-state index >= 15 is 4.39 Å². The number of hydrogen-bond donors (Lipinski definition) is 0. The molecule has 0 spiro atoms. The highest BCUT2D eigenvalue weighted by Gasteiger charge is 2.53. The Bertz CT molecular complexity index is 2720. The first-order valence-corrected chi connectivity index (χ1v) is 22.0. The molecule has 4 saturated heterocycles. The number of thiophene rings is 1. The smallest absolute Gasteiger partial charge is 0.419 e. The topological polar surface area (TPSA) is 135 Å². The Morgan fingerprint density at radius 1 is 1.05 bits per heavy atom. The van der Waals surface area contributed by atoms with Crippen molar-refractivity contribution in [1.82, 2.24) is 24.3 Å². The van der Waals surface area contributed by atoms with Gasteiger partial charge in [-0.2, -0.15) is 15.2 Å². The third-order valence-corrected chi connectivity index (χ3v) is 14.2. The van der Waals surface area contributed by atoms with Crippen molar-refractivity contribution in [2.75, 3.05) is 37.7 Å². The number of amides is 1. The minimum absolute atomic E-state index is 0.00706. The number of alkyl halides is 1. The molecule has 0 aliphatic carbocycles. The lowest BCUT2D eigenvalue weighted by Gasteiger charge is -2.46. The molecule has 5 aromatic rings. The summed E-state index contributed by atoms with van der Waals surface area (Å²) >= 11 is 8.65. The van der Waals surface area contributed by atoms with Crippen LogP contribution in [0.4, 0.5) is 24.2 Å². The highest BCUT2D eigenvalue weighted by Crippen LogP contribution is 2.53. The van der Waals surface area contributed by atoms with Crippen molar-refractivity contribution < 1.29 is 37.3 Å². The Labute approximate surface area is 360 Å². The van der Waals surface area contributed by atoms with Crippen molar-refractivity contribution in [3.8, 4) is 29.0 Å². The summed E-state index contributed by atoms with van der Waals surface area (Å²) in [6, 6.07) is 6.56. The summed E-state index contributed by atoms with van der Waals surface area (Å²) in [5, 5.41) is 11.6. The third kappa shape index (κ3) is 6.44. The number of carbonyl (C=O) groups excluding carboxylic acids is 2. The highest BCUT2D eigenvalue weighted by atomic mass is 35.5. The van der Waals surface area contributed by atoms with E-state index < -0.39 is 47.0 Å². The molecule has 2 bridgehead atoms. The van der Waals surface area contributed by atoms with Crippen LogP contribution in [-0.2, 0) is 9.47 Å². The predicted molar refractivity (Wildman–Crippen MR) is 227 cm³/mol. The molecular weight excluding hydrogens is 828 g/mol. The summed E-state index contributed by atoms with van der Waals surface area (Å²) in [4.78, 5) is 43.3. The third-order valence-electron chi connectivity index (χ3n) is 12.7. The maximum Gasteiger partial charge on any atom is 0.419 e. The van der Waals surface area contributed by atoms with Gasteiger partial charge in [-0.3, -0.25) is 9.80 Å². The first-order chi connectivity index (χ1) is 28.9. The molecule has 17 heteroatoms. The minimum Gasteiger partial charge on any atom is -0.489 e. The van der Waals surface area contributed by atoms with Crippen molar-refractivity contribution in [2.45, 2.75) is 115 Å². The zero-order valence-corrected chi connectivity index (χ0v) is 36.4. The number of halogens is 3. The number of nitrogens with zero attached hydrogens (tertiary/aromatic N) is 7. The first kappa shape index (κ1) is 40.1. The summed E-state index contributed by atoms with van der Waals surface area (Å²) in [5.41, 5.74) is -1.52. The lowest BCUT2D eigenvalue weighted by Crippen LogP contribution is -2.63. The number of benzene rings is 2. The van der Waals surface area contributed by atoms with Gasteiger partial charge < -0.3 is 23.8 Å². The Kier molecular flexibility index (Phi) is 9.22. The second-order valence-electron chi connectivity index (χ2n) is 18.9. The summed E-state index contributed by atoms with van der Waals surface area (Å²) < 4.78 is 59.4. The van der Waals surface area contributed by atoms with Crippen LogP contribution < -0.4 is 14.4 Å². The van der Waals surface area contributed by atoms with Gasteiger partial charge in [0.25, 0.3) is 0 Å². The van der Waals surface area contributed by atoms with Gasteiger partial charge in [-0.15, -0.1) is 11.3 Å². The number of fused-ring (bicyclic) bond motifs is 9. The van der Waals surface area contributed by atoms with E-state index in [4.69, 9.17) is 40.5 Å². The second-order valence-corrected chi connectivity index (χ2v) is 20.3. The van der Waals surface area contributed by atoms with Crippen LogP contribution in [0.15, 0.2) is 24.4 Å². The van der Waals surface area contributed by atoms with E-state index in [-0.39, 0.29) is 64.1 Å². The van der Waals surface area contributed by atoms with Crippen LogP contribution in [0.25, 0.3) is 42.3 Å². The molecule has 13 nitrogen and oxygen atoms in total. The van der Waals surface area contributed by atoms with Gasteiger partial charge in [0.2, 0.25) is 0 Å². The molecule has 0 radical (unpaired) electrons. The lowest BCUT2D eigenvalue weighted by molar-refractivity contribution is 0.00542. The molecule has 5 atom stereocenters. The van der Waals surface area contributed by atoms with E-state index in [0.717, 1.165) is 25.8 Å². The maximum atomic E-state index is 17.9. The van der Waals surface area contributed by atoms with Crippen molar-refractivity contribution in [3.63, 3.8) is 0 Å². The summed E-state index contributed by atoms with van der Waals surface area (Å²) in [6.07, 6.45) is 2.85. The van der Waals surface area contributed by atoms with E-state index in [0.29, 0.717) is 57.6 Å². The molecule has 1 amide bonds. The van der Waals surface area contributed by atoms with Crippen LogP contribution in [0, 0.1) is 17.1 Å². The molecule has 8 heterocycles. The van der Waals surface area contributed by atoms with Gasteiger partial charge in [0, 0.05) is 46.7 Å². The number of nitriles is 1. The fraction of sp³-hybridized carbons (Fsp3) is 0.523. The number of carbonyl (C=O) groups is 2. The maximum absolute atomic E-state index is 17.9. The van der Waals surface area contributed by atoms with Gasteiger partial charge >= 0.3 is 18.2 Å². The minimum atomic E-state index is -0.973. The number of rotatable bonds is 4. The number of hydrogen-bond acceptors (Lipinski definition) is 12. The molecule has 0 saturated carbocycles. The molecule has 10 rings (SSSR count). The molecule has 4 fully saturated rings. The van der Waals surface area contributed by atoms with Crippen molar-refractivity contribution in [1.29, 1.82) is 5.26 Å². The molecule has 320 valence electrons. The standard InChI is InChI=1S/C44H46ClF2N7O6S/c1-42(2,3)59-40(55)53-17-22(16-48)29-30-25(9-7-10-28(30)61-38(29)53)31-33(45)36-32-35(34(31)47)49-39(58-21-44-13-8-14-51(44)18-23(46)15-44)50-37(32)52-19-24-11-12-26(27(52)20-57-36)54(24)41(56)60-43(4,5)6/h7,9-10,17,23-24,26-27H,8,11-15,18-21H2,1-6H3/t23-,24?,26?,27-,44+/m1/s1. The Balaban J connectivity index is 1.15. The number of aromatic nitrogens is 3. The van der Waals surface area contributed by atoms with E-state index in [1.54, 1.807) is 32.9 Å². The Morgan fingerprint density at radius 3 is 2.57 bits per heavy atom.